The summed E-state index contributed by atoms with van der Waals surface area (Å²) >= 11 is 0. The molecule has 4 N–H and O–H groups in total. The predicted molar refractivity (Wildman–Crippen MR) is 52.4 cm³/mol. The quantitative estimate of drug-likeness (QED) is 0.548. The molecule has 1 aliphatic rings. The summed E-state index contributed by atoms with van der Waals surface area (Å²) in [7, 11) is 0. The highest BCUT2D eigenvalue weighted by Crippen LogP contribution is 2.22. The zero-order chi connectivity index (χ0) is 9.26. The fourth-order valence-corrected chi connectivity index (χ4v) is 1.63. The Balaban J connectivity index is 2.29. The first kappa shape index (κ1) is 8.53. The number of nitrogens with one attached hydrogen (secondary N) is 1. The molecule has 0 aromatic heterocycles. The maximum absolute atomic E-state index is 9.57. The number of nitrogens with two attached hydrogens (primary N) is 1. The molecule has 0 amide bonds. The molecule has 13 heavy (non-hydrogen) atoms. The number of aryl methyl sites for hydroxylation is 1. The first-order valence-electron chi connectivity index (χ1n) is 4.55. The van der Waals surface area contributed by atoms with Gasteiger partial charge in [-0.2, -0.15) is 0 Å². The van der Waals surface area contributed by atoms with Crippen LogP contribution in [0.3, 0.4) is 0 Å². The molecule has 2 rings (SSSR count). The summed E-state index contributed by atoms with van der Waals surface area (Å²) in [5.74, 6) is 0. The van der Waals surface area contributed by atoms with Crippen LogP contribution in [0.4, 0.5) is 5.69 Å². The van der Waals surface area contributed by atoms with Crippen molar-refractivity contribution in [1.82, 2.24) is 0 Å². The van der Waals surface area contributed by atoms with Crippen LogP contribution in [0.2, 0.25) is 0 Å². The maximum atomic E-state index is 9.57. The van der Waals surface area contributed by atoms with E-state index in [4.69, 9.17) is 5.73 Å². The van der Waals surface area contributed by atoms with Crippen molar-refractivity contribution in [2.45, 2.75) is 25.1 Å². The first-order valence-corrected chi connectivity index (χ1v) is 4.55. The molecule has 0 fully saturated rings. The highest BCUT2D eigenvalue weighted by atomic mass is 16.3. The molecular formula is C10H14N2O. The normalized spacial score (nSPS) is 27.2. The summed E-state index contributed by atoms with van der Waals surface area (Å²) in [4.78, 5) is 0. The van der Waals surface area contributed by atoms with E-state index in [1.165, 1.54) is 5.56 Å². The lowest BCUT2D eigenvalue weighted by atomic mass is 10.1. The maximum Gasteiger partial charge on any atom is 0.139 e. The van der Waals surface area contributed by atoms with Crippen LogP contribution in [0.15, 0.2) is 24.3 Å². The number of rotatable bonds is 0. The number of aliphatic hydroxyl groups excluding tert-OH is 1. The summed E-state index contributed by atoms with van der Waals surface area (Å²) in [6.07, 6.45) is 1.13. The topological polar surface area (TPSA) is 58.3 Å². The van der Waals surface area contributed by atoms with E-state index in [0.29, 0.717) is 0 Å². The Morgan fingerprint density at radius 1 is 1.38 bits per heavy atom. The van der Waals surface area contributed by atoms with E-state index in [-0.39, 0.29) is 6.04 Å². The van der Waals surface area contributed by atoms with Crippen LogP contribution in [0.1, 0.15) is 12.0 Å². The Morgan fingerprint density at radius 2 is 2.15 bits per heavy atom. The zero-order valence-corrected chi connectivity index (χ0v) is 7.40. The van der Waals surface area contributed by atoms with E-state index >= 15 is 0 Å². The number of hydrogen-bond acceptors (Lipinski definition) is 3. The molecule has 0 bridgehead atoms. The molecule has 2 atom stereocenters. The van der Waals surface area contributed by atoms with E-state index < -0.39 is 6.23 Å². The molecule has 0 spiro atoms. The third-order valence-corrected chi connectivity index (χ3v) is 2.47. The van der Waals surface area contributed by atoms with Crippen LogP contribution in [-0.4, -0.2) is 17.4 Å². The Bertz CT molecular complexity index is 301. The van der Waals surface area contributed by atoms with Gasteiger partial charge >= 0.3 is 0 Å². The molecule has 0 radical (unpaired) electrons. The Labute approximate surface area is 77.6 Å². The van der Waals surface area contributed by atoms with Crippen molar-refractivity contribution >= 4 is 5.69 Å². The second kappa shape index (κ2) is 3.36. The van der Waals surface area contributed by atoms with Gasteiger partial charge in [-0.15, -0.1) is 0 Å². The van der Waals surface area contributed by atoms with Crippen molar-refractivity contribution in [3.8, 4) is 0 Å². The van der Waals surface area contributed by atoms with E-state index in [9.17, 15) is 5.11 Å². The van der Waals surface area contributed by atoms with Crippen molar-refractivity contribution in [3.63, 3.8) is 0 Å². The van der Waals surface area contributed by atoms with Gasteiger partial charge < -0.3 is 16.2 Å². The van der Waals surface area contributed by atoms with E-state index in [0.717, 1.165) is 18.5 Å². The van der Waals surface area contributed by atoms with E-state index in [1.807, 2.05) is 18.2 Å². The first-order chi connectivity index (χ1) is 6.27. The molecule has 3 heteroatoms. The van der Waals surface area contributed by atoms with Crippen molar-refractivity contribution < 1.29 is 5.11 Å². The fraction of sp³-hybridized carbons (Fsp3) is 0.400. The third-order valence-electron chi connectivity index (χ3n) is 2.47. The fourth-order valence-electron chi connectivity index (χ4n) is 1.63. The average molecular weight is 178 g/mol. The number of aliphatic hydroxyl groups is 1. The lowest BCUT2D eigenvalue weighted by Crippen LogP contribution is -2.39. The van der Waals surface area contributed by atoms with Gasteiger partial charge in [0.1, 0.15) is 6.23 Å². The van der Waals surface area contributed by atoms with Crippen molar-refractivity contribution in [3.05, 3.63) is 29.8 Å². The Morgan fingerprint density at radius 3 is 3.00 bits per heavy atom. The monoisotopic (exact) mass is 178 g/mol. The number of anilines is 1. The van der Waals surface area contributed by atoms with Crippen LogP contribution >= 0.6 is 0 Å². The van der Waals surface area contributed by atoms with Gasteiger partial charge in [0.25, 0.3) is 0 Å². The number of para-hydroxylation sites is 1. The second-order valence-electron chi connectivity index (χ2n) is 3.45. The molecule has 1 aliphatic heterocycles. The van der Waals surface area contributed by atoms with Crippen LogP contribution in [0.5, 0.6) is 0 Å². The SMILES string of the molecule is NC1CCc2ccccc2NC1O. The van der Waals surface area contributed by atoms with Gasteiger partial charge in [-0.1, -0.05) is 18.2 Å². The molecule has 0 saturated carbocycles. The third kappa shape index (κ3) is 1.66. The highest BCUT2D eigenvalue weighted by Gasteiger charge is 2.19. The number of hydrogen-bond donors (Lipinski definition) is 3. The summed E-state index contributed by atoms with van der Waals surface area (Å²) < 4.78 is 0. The van der Waals surface area contributed by atoms with Gasteiger partial charge in [0, 0.05) is 11.7 Å². The number of fused-ring (bicyclic) bond motifs is 1. The minimum atomic E-state index is -0.622. The lowest BCUT2D eigenvalue weighted by molar-refractivity contribution is 0.170. The van der Waals surface area contributed by atoms with Gasteiger partial charge in [0.15, 0.2) is 0 Å². The summed E-state index contributed by atoms with van der Waals surface area (Å²) in [5, 5.41) is 12.6. The standard InChI is InChI=1S/C10H14N2O/c11-8-6-5-7-3-1-2-4-9(7)12-10(8)13/h1-4,8,10,12-13H,5-6,11H2. The summed E-state index contributed by atoms with van der Waals surface area (Å²) in [6.45, 7) is 0. The van der Waals surface area contributed by atoms with Gasteiger partial charge in [-0.25, -0.2) is 0 Å². The van der Waals surface area contributed by atoms with Gasteiger partial charge in [0.2, 0.25) is 0 Å². The van der Waals surface area contributed by atoms with Crippen molar-refractivity contribution in [1.29, 1.82) is 0 Å². The molecule has 1 heterocycles. The largest absolute Gasteiger partial charge is 0.372 e. The molecule has 1 aromatic rings. The van der Waals surface area contributed by atoms with Crippen LogP contribution in [-0.2, 0) is 6.42 Å². The van der Waals surface area contributed by atoms with Crippen LogP contribution in [0, 0.1) is 0 Å². The van der Waals surface area contributed by atoms with Crippen LogP contribution in [0.25, 0.3) is 0 Å². The predicted octanol–water partition coefficient (Wildman–Crippen LogP) is 0.690. The van der Waals surface area contributed by atoms with Crippen molar-refractivity contribution in [2.75, 3.05) is 5.32 Å². The molecular weight excluding hydrogens is 164 g/mol. The minimum Gasteiger partial charge on any atom is -0.372 e. The zero-order valence-electron chi connectivity index (χ0n) is 7.40. The summed E-state index contributed by atoms with van der Waals surface area (Å²) in [5.41, 5.74) is 7.98. The molecule has 3 nitrogen and oxygen atoms in total. The average Bonchev–Trinajstić information content (AvgIpc) is 2.28. The Kier molecular flexibility index (Phi) is 2.20. The van der Waals surface area contributed by atoms with Gasteiger partial charge in [0.05, 0.1) is 0 Å². The second-order valence-corrected chi connectivity index (χ2v) is 3.45. The smallest absolute Gasteiger partial charge is 0.139 e. The summed E-state index contributed by atoms with van der Waals surface area (Å²) in [6, 6.07) is 7.82. The molecule has 1 aromatic carbocycles. The number of benzene rings is 1. The lowest BCUT2D eigenvalue weighted by Gasteiger charge is -2.17. The van der Waals surface area contributed by atoms with E-state index in [2.05, 4.69) is 11.4 Å². The molecule has 0 aliphatic carbocycles. The van der Waals surface area contributed by atoms with Gasteiger partial charge in [-0.3, -0.25) is 0 Å². The Hall–Kier alpha value is -1.06. The molecule has 70 valence electrons. The molecule has 0 saturated heterocycles. The highest BCUT2D eigenvalue weighted by molar-refractivity contribution is 5.52. The molecule has 2 unspecified atom stereocenters. The van der Waals surface area contributed by atoms with E-state index in [1.54, 1.807) is 0 Å². The minimum absolute atomic E-state index is 0.174. The van der Waals surface area contributed by atoms with Gasteiger partial charge in [-0.05, 0) is 24.5 Å². The van der Waals surface area contributed by atoms with Crippen LogP contribution < -0.4 is 11.1 Å². The van der Waals surface area contributed by atoms with Crippen molar-refractivity contribution in [2.24, 2.45) is 5.73 Å².